The van der Waals surface area contributed by atoms with Gasteiger partial charge in [0.2, 0.25) is 5.82 Å². The van der Waals surface area contributed by atoms with Crippen LogP contribution in [0.4, 0.5) is 22.0 Å². The molecular formula is C33H43F5O2. The molecule has 4 rings (SSSR count). The summed E-state index contributed by atoms with van der Waals surface area (Å²) in [6, 6.07) is 3.91. The van der Waals surface area contributed by atoms with E-state index in [1.54, 1.807) is 0 Å². The van der Waals surface area contributed by atoms with Crippen molar-refractivity contribution in [1.82, 2.24) is 0 Å². The second kappa shape index (κ2) is 15.2. The van der Waals surface area contributed by atoms with E-state index in [0.717, 1.165) is 50.9 Å². The predicted molar refractivity (Wildman–Crippen MR) is 148 cm³/mol. The van der Waals surface area contributed by atoms with Crippen LogP contribution in [0.5, 0.6) is 5.75 Å². The van der Waals surface area contributed by atoms with Crippen molar-refractivity contribution in [2.75, 3.05) is 13.2 Å². The Balaban J connectivity index is 1.33. The van der Waals surface area contributed by atoms with Crippen molar-refractivity contribution in [2.45, 2.75) is 116 Å². The topological polar surface area (TPSA) is 18.5 Å². The molecule has 0 radical (unpaired) electrons. The van der Waals surface area contributed by atoms with Gasteiger partial charge in [-0.25, -0.2) is 17.6 Å². The third kappa shape index (κ3) is 8.43. The van der Waals surface area contributed by atoms with Gasteiger partial charge in [-0.1, -0.05) is 71.1 Å². The van der Waals surface area contributed by atoms with Crippen molar-refractivity contribution in [1.29, 1.82) is 0 Å². The van der Waals surface area contributed by atoms with Gasteiger partial charge in [0, 0.05) is 17.5 Å². The molecular weight excluding hydrogens is 523 g/mol. The molecule has 222 valence electrons. The Morgan fingerprint density at radius 2 is 1.57 bits per heavy atom. The van der Waals surface area contributed by atoms with Crippen LogP contribution in [0.15, 0.2) is 18.2 Å². The van der Waals surface area contributed by atoms with Crippen LogP contribution in [0.1, 0.15) is 102 Å². The average Bonchev–Trinajstić information content (AvgIpc) is 3.78. The van der Waals surface area contributed by atoms with Gasteiger partial charge in [0.05, 0.1) is 19.3 Å². The van der Waals surface area contributed by atoms with Gasteiger partial charge in [-0.2, -0.15) is 4.39 Å². The van der Waals surface area contributed by atoms with Gasteiger partial charge in [0.15, 0.2) is 23.2 Å². The zero-order valence-corrected chi connectivity index (χ0v) is 23.7. The molecule has 1 saturated carbocycles. The van der Waals surface area contributed by atoms with Crippen LogP contribution in [0, 0.1) is 29.2 Å². The summed E-state index contributed by atoms with van der Waals surface area (Å²) in [5, 5.41) is 0. The molecule has 0 aromatic heterocycles. The standard InChI is InChI=1S/C33H43F5O2/c1-2-3-4-8-11-24(34)21-40-25-15-14-23-19-28(32(37)31(36)27(23)20-25)26-16-17-29(33(38)30(26)35)39-18-9-6-5-7-10-22-12-13-22/h16-17,19,22,24-25H,2-15,18,20-21H2,1H3. The molecule has 7 heteroatoms. The van der Waals surface area contributed by atoms with E-state index in [-0.39, 0.29) is 42.1 Å². The number of hydrogen-bond donors (Lipinski definition) is 0. The normalized spacial score (nSPS) is 17.6. The summed E-state index contributed by atoms with van der Waals surface area (Å²) >= 11 is 0. The Morgan fingerprint density at radius 3 is 2.35 bits per heavy atom. The zero-order chi connectivity index (χ0) is 28.5. The third-order valence-electron chi connectivity index (χ3n) is 8.25. The molecule has 0 N–H and O–H groups in total. The fourth-order valence-corrected chi connectivity index (χ4v) is 5.59. The molecule has 0 saturated heterocycles. The molecule has 2 aromatic carbocycles. The number of ether oxygens (including phenoxy) is 2. The van der Waals surface area contributed by atoms with Crippen molar-refractivity contribution in [3.63, 3.8) is 0 Å². The largest absolute Gasteiger partial charge is 0.490 e. The molecule has 2 aliphatic carbocycles. The summed E-state index contributed by atoms with van der Waals surface area (Å²) in [5.41, 5.74) is 0.0386. The maximum atomic E-state index is 15.1. The fraction of sp³-hybridized carbons (Fsp3) is 0.636. The maximum absolute atomic E-state index is 15.1. The lowest BCUT2D eigenvalue weighted by molar-refractivity contribution is 0.00865. The monoisotopic (exact) mass is 566 g/mol. The molecule has 0 aliphatic heterocycles. The van der Waals surface area contributed by atoms with Crippen molar-refractivity contribution < 1.29 is 31.4 Å². The van der Waals surface area contributed by atoms with E-state index in [0.29, 0.717) is 24.8 Å². The summed E-state index contributed by atoms with van der Waals surface area (Å²) in [7, 11) is 0. The van der Waals surface area contributed by atoms with Crippen molar-refractivity contribution >= 4 is 0 Å². The van der Waals surface area contributed by atoms with Crippen LogP contribution in [-0.4, -0.2) is 25.5 Å². The number of hydrogen-bond acceptors (Lipinski definition) is 2. The van der Waals surface area contributed by atoms with E-state index in [2.05, 4.69) is 6.92 Å². The van der Waals surface area contributed by atoms with E-state index in [9.17, 15) is 8.78 Å². The second-order valence-corrected chi connectivity index (χ2v) is 11.6. The first-order chi connectivity index (χ1) is 19.4. The first-order valence-electron chi connectivity index (χ1n) is 15.3. The van der Waals surface area contributed by atoms with Gasteiger partial charge in [0.25, 0.3) is 0 Å². The molecule has 2 aromatic rings. The zero-order valence-electron chi connectivity index (χ0n) is 23.7. The second-order valence-electron chi connectivity index (χ2n) is 11.6. The Kier molecular flexibility index (Phi) is 11.7. The van der Waals surface area contributed by atoms with E-state index in [4.69, 9.17) is 9.47 Å². The highest BCUT2D eigenvalue weighted by molar-refractivity contribution is 5.68. The number of fused-ring (bicyclic) bond motifs is 1. The van der Waals surface area contributed by atoms with Crippen molar-refractivity contribution in [2.24, 2.45) is 5.92 Å². The SMILES string of the molecule is CCCCCCC(F)COC1CCc2cc(-c3ccc(OCCCCCCC4CC4)c(F)c3F)c(F)c(F)c2C1. The van der Waals surface area contributed by atoms with E-state index in [1.165, 1.54) is 43.9 Å². The smallest absolute Gasteiger partial charge is 0.201 e. The van der Waals surface area contributed by atoms with E-state index in [1.807, 2.05) is 0 Å². The Morgan fingerprint density at radius 1 is 0.825 bits per heavy atom. The van der Waals surface area contributed by atoms with Crippen LogP contribution in [-0.2, 0) is 17.6 Å². The van der Waals surface area contributed by atoms with Crippen LogP contribution in [0.3, 0.4) is 0 Å². The molecule has 0 heterocycles. The molecule has 2 atom stereocenters. The summed E-state index contributed by atoms with van der Waals surface area (Å²) in [6.07, 6.45) is 11.9. The minimum atomic E-state index is -1.26. The summed E-state index contributed by atoms with van der Waals surface area (Å²) in [4.78, 5) is 0. The highest BCUT2D eigenvalue weighted by Gasteiger charge is 2.28. The predicted octanol–water partition coefficient (Wildman–Crippen LogP) is 9.83. The first kappa shape index (κ1) is 30.8. The summed E-state index contributed by atoms with van der Waals surface area (Å²) in [5.74, 6) is -4.08. The maximum Gasteiger partial charge on any atom is 0.201 e. The molecule has 40 heavy (non-hydrogen) atoms. The van der Waals surface area contributed by atoms with Crippen LogP contribution in [0.2, 0.25) is 0 Å². The number of benzene rings is 2. The van der Waals surface area contributed by atoms with Gasteiger partial charge in [-0.15, -0.1) is 0 Å². The first-order valence-corrected chi connectivity index (χ1v) is 15.3. The van der Waals surface area contributed by atoms with Gasteiger partial charge in [0.1, 0.15) is 6.17 Å². The fourth-order valence-electron chi connectivity index (χ4n) is 5.59. The number of alkyl halides is 1. The van der Waals surface area contributed by atoms with Gasteiger partial charge < -0.3 is 9.47 Å². The molecule has 2 aliphatic rings. The number of rotatable bonds is 17. The minimum absolute atomic E-state index is 0.0619. The highest BCUT2D eigenvalue weighted by atomic mass is 19.2. The molecule has 0 amide bonds. The Hall–Kier alpha value is -2.15. The lowest BCUT2D eigenvalue weighted by Crippen LogP contribution is -2.27. The Labute approximate surface area is 235 Å². The number of unbranched alkanes of at least 4 members (excludes halogenated alkanes) is 6. The molecule has 0 bridgehead atoms. The van der Waals surface area contributed by atoms with Crippen LogP contribution < -0.4 is 4.74 Å². The number of halogens is 5. The van der Waals surface area contributed by atoms with Crippen molar-refractivity contribution in [3.8, 4) is 16.9 Å². The van der Waals surface area contributed by atoms with Gasteiger partial charge in [-0.3, -0.25) is 0 Å². The highest BCUT2D eigenvalue weighted by Crippen LogP contribution is 2.37. The van der Waals surface area contributed by atoms with Gasteiger partial charge >= 0.3 is 0 Å². The quantitative estimate of drug-likeness (QED) is 0.140. The minimum Gasteiger partial charge on any atom is -0.490 e. The molecule has 0 spiro atoms. The lowest BCUT2D eigenvalue weighted by Gasteiger charge is -2.27. The molecule has 2 unspecified atom stereocenters. The molecule has 1 fully saturated rings. The van der Waals surface area contributed by atoms with E-state index < -0.39 is 35.5 Å². The summed E-state index contributed by atoms with van der Waals surface area (Å²) < 4.78 is 85.4. The van der Waals surface area contributed by atoms with Crippen LogP contribution in [0.25, 0.3) is 11.1 Å². The lowest BCUT2D eigenvalue weighted by atomic mass is 9.86. The number of aryl methyl sites for hydroxylation is 1. The van der Waals surface area contributed by atoms with Crippen molar-refractivity contribution in [3.05, 3.63) is 52.6 Å². The van der Waals surface area contributed by atoms with E-state index >= 15 is 13.2 Å². The van der Waals surface area contributed by atoms with Crippen LogP contribution >= 0.6 is 0 Å². The average molecular weight is 567 g/mol. The van der Waals surface area contributed by atoms with Gasteiger partial charge in [-0.05, 0) is 60.9 Å². The summed E-state index contributed by atoms with van der Waals surface area (Å²) in [6.45, 7) is 2.31. The Bertz CT molecular complexity index is 1100. The molecule has 2 nitrogen and oxygen atoms in total. The third-order valence-corrected chi connectivity index (χ3v) is 8.25.